The molecule has 104 valence electrons. The monoisotopic (exact) mass is 264 g/mol. The van der Waals surface area contributed by atoms with E-state index in [4.69, 9.17) is 9.84 Å². The number of carbonyl (C=O) groups excluding carboxylic acids is 1. The topological polar surface area (TPSA) is 63.6 Å². The molecule has 0 saturated carbocycles. The fraction of sp³-hybridized carbons (Fsp3) is 0.467. The molecular weight excluding hydrogens is 244 g/mol. The molecular formula is C15H20O4. The molecule has 19 heavy (non-hydrogen) atoms. The SMILES string of the molecule is CC(C)(C)OC(=O)[C@H](CC(=O)O)Cc1ccccc1. The van der Waals surface area contributed by atoms with Crippen LogP contribution in [0.3, 0.4) is 0 Å². The lowest BCUT2D eigenvalue weighted by Gasteiger charge is -2.23. The maximum absolute atomic E-state index is 12.0. The number of esters is 1. The molecule has 1 rings (SSSR count). The Morgan fingerprint density at radius 1 is 1.21 bits per heavy atom. The Kier molecular flexibility index (Phi) is 5.10. The molecule has 1 atom stereocenters. The second-order valence-corrected chi connectivity index (χ2v) is 5.52. The molecule has 0 amide bonds. The lowest BCUT2D eigenvalue weighted by molar-refractivity contribution is -0.162. The van der Waals surface area contributed by atoms with E-state index in [9.17, 15) is 9.59 Å². The highest BCUT2D eigenvalue weighted by Crippen LogP contribution is 2.18. The minimum absolute atomic E-state index is 0.218. The van der Waals surface area contributed by atoms with Crippen molar-refractivity contribution in [2.24, 2.45) is 5.92 Å². The number of hydrogen-bond acceptors (Lipinski definition) is 3. The van der Waals surface area contributed by atoms with E-state index in [1.807, 2.05) is 30.3 Å². The van der Waals surface area contributed by atoms with Gasteiger partial charge in [-0.15, -0.1) is 0 Å². The third-order valence-electron chi connectivity index (χ3n) is 2.49. The summed E-state index contributed by atoms with van der Waals surface area (Å²) in [5.74, 6) is -2.11. The Hall–Kier alpha value is -1.84. The minimum atomic E-state index is -0.994. The van der Waals surface area contributed by atoms with Crippen LogP contribution in [0.15, 0.2) is 30.3 Å². The zero-order valence-corrected chi connectivity index (χ0v) is 11.6. The quantitative estimate of drug-likeness (QED) is 0.830. The zero-order chi connectivity index (χ0) is 14.5. The summed E-state index contributed by atoms with van der Waals surface area (Å²) in [5, 5.41) is 8.90. The summed E-state index contributed by atoms with van der Waals surface area (Å²) in [4.78, 5) is 22.9. The van der Waals surface area contributed by atoms with Crippen molar-refractivity contribution < 1.29 is 19.4 Å². The largest absolute Gasteiger partial charge is 0.481 e. The Morgan fingerprint density at radius 3 is 2.26 bits per heavy atom. The Balaban J connectivity index is 2.77. The first-order valence-electron chi connectivity index (χ1n) is 6.26. The van der Waals surface area contributed by atoms with E-state index in [-0.39, 0.29) is 6.42 Å². The molecule has 0 aliphatic rings. The normalized spacial score (nSPS) is 12.8. The summed E-state index contributed by atoms with van der Waals surface area (Å²) >= 11 is 0. The van der Waals surface area contributed by atoms with Crippen molar-refractivity contribution in [3.63, 3.8) is 0 Å². The van der Waals surface area contributed by atoms with Gasteiger partial charge >= 0.3 is 11.9 Å². The molecule has 0 heterocycles. The first kappa shape index (κ1) is 15.2. The molecule has 0 aliphatic carbocycles. The van der Waals surface area contributed by atoms with Crippen molar-refractivity contribution in [1.29, 1.82) is 0 Å². The number of benzene rings is 1. The minimum Gasteiger partial charge on any atom is -0.481 e. The van der Waals surface area contributed by atoms with Gasteiger partial charge in [-0.25, -0.2) is 0 Å². The highest BCUT2D eigenvalue weighted by Gasteiger charge is 2.27. The Labute approximate surface area is 113 Å². The van der Waals surface area contributed by atoms with Crippen molar-refractivity contribution in [3.8, 4) is 0 Å². The van der Waals surface area contributed by atoms with Crippen LogP contribution in [0.4, 0.5) is 0 Å². The van der Waals surface area contributed by atoms with Gasteiger partial charge < -0.3 is 9.84 Å². The van der Waals surface area contributed by atoms with Gasteiger partial charge in [0.05, 0.1) is 12.3 Å². The van der Waals surface area contributed by atoms with Crippen LogP contribution in [0.2, 0.25) is 0 Å². The maximum Gasteiger partial charge on any atom is 0.310 e. The molecule has 0 unspecified atom stereocenters. The molecule has 0 aliphatic heterocycles. The van der Waals surface area contributed by atoms with Gasteiger partial charge in [0.15, 0.2) is 0 Å². The standard InChI is InChI=1S/C15H20O4/c1-15(2,3)19-14(18)12(10-13(16)17)9-11-7-5-4-6-8-11/h4-8,12H,9-10H2,1-3H3,(H,16,17)/t12-/m0/s1. The third kappa shape index (κ3) is 6.04. The molecule has 0 radical (unpaired) electrons. The van der Waals surface area contributed by atoms with Crippen molar-refractivity contribution >= 4 is 11.9 Å². The molecule has 4 heteroatoms. The predicted octanol–water partition coefficient (Wildman–Crippen LogP) is 2.66. The third-order valence-corrected chi connectivity index (χ3v) is 2.49. The summed E-state index contributed by atoms with van der Waals surface area (Å²) in [6.45, 7) is 5.31. The van der Waals surface area contributed by atoms with Crippen molar-refractivity contribution in [2.45, 2.75) is 39.2 Å². The number of carboxylic acids is 1. The first-order chi connectivity index (χ1) is 8.78. The van der Waals surface area contributed by atoms with Crippen molar-refractivity contribution in [1.82, 2.24) is 0 Å². The number of rotatable bonds is 5. The van der Waals surface area contributed by atoms with Crippen LogP contribution in [0, 0.1) is 5.92 Å². The molecule has 1 N–H and O–H groups in total. The second-order valence-electron chi connectivity index (χ2n) is 5.52. The van der Waals surface area contributed by atoms with Crippen LogP contribution in [0.5, 0.6) is 0 Å². The van der Waals surface area contributed by atoms with Gasteiger partial charge in [-0.05, 0) is 32.8 Å². The summed E-state index contributed by atoms with van der Waals surface area (Å²) in [5.41, 5.74) is 0.324. The number of carboxylic acid groups (broad SMARTS) is 1. The van der Waals surface area contributed by atoms with Gasteiger partial charge in [0.2, 0.25) is 0 Å². The number of hydrogen-bond donors (Lipinski definition) is 1. The number of ether oxygens (including phenoxy) is 1. The van der Waals surface area contributed by atoms with Gasteiger partial charge in [-0.2, -0.15) is 0 Å². The molecule has 0 spiro atoms. The average Bonchev–Trinajstić information content (AvgIpc) is 2.26. The van der Waals surface area contributed by atoms with Gasteiger partial charge in [0.1, 0.15) is 5.60 Å². The lowest BCUT2D eigenvalue weighted by atomic mass is 9.96. The number of carbonyl (C=O) groups is 2. The maximum atomic E-state index is 12.0. The highest BCUT2D eigenvalue weighted by atomic mass is 16.6. The average molecular weight is 264 g/mol. The number of aliphatic carboxylic acids is 1. The van der Waals surface area contributed by atoms with E-state index in [1.54, 1.807) is 20.8 Å². The molecule has 1 aromatic rings. The van der Waals surface area contributed by atoms with E-state index in [1.165, 1.54) is 0 Å². The summed E-state index contributed by atoms with van der Waals surface area (Å²) in [6, 6.07) is 9.35. The van der Waals surface area contributed by atoms with Crippen molar-refractivity contribution in [3.05, 3.63) is 35.9 Å². The molecule has 1 aromatic carbocycles. The second kappa shape index (κ2) is 6.36. The molecule has 0 fully saturated rings. The fourth-order valence-corrected chi connectivity index (χ4v) is 1.73. The van der Waals surface area contributed by atoms with E-state index in [0.717, 1.165) is 5.56 Å². The first-order valence-corrected chi connectivity index (χ1v) is 6.26. The van der Waals surface area contributed by atoms with Crippen molar-refractivity contribution in [2.75, 3.05) is 0 Å². The van der Waals surface area contributed by atoms with E-state index in [0.29, 0.717) is 6.42 Å². The predicted molar refractivity (Wildman–Crippen MR) is 71.7 cm³/mol. The van der Waals surface area contributed by atoms with Gasteiger partial charge in [-0.3, -0.25) is 9.59 Å². The highest BCUT2D eigenvalue weighted by molar-refractivity contribution is 5.79. The summed E-state index contributed by atoms with van der Waals surface area (Å²) in [7, 11) is 0. The van der Waals surface area contributed by atoms with Crippen LogP contribution < -0.4 is 0 Å². The Bertz CT molecular complexity index is 431. The van der Waals surface area contributed by atoms with Crippen LogP contribution >= 0.6 is 0 Å². The lowest BCUT2D eigenvalue weighted by Crippen LogP contribution is -2.31. The van der Waals surface area contributed by atoms with Crippen LogP contribution in [0.1, 0.15) is 32.8 Å². The van der Waals surface area contributed by atoms with Crippen LogP contribution in [0.25, 0.3) is 0 Å². The summed E-state index contributed by atoms with van der Waals surface area (Å²) in [6.07, 6.45) is 0.159. The Morgan fingerprint density at radius 2 is 1.79 bits per heavy atom. The van der Waals surface area contributed by atoms with Gasteiger partial charge in [-0.1, -0.05) is 30.3 Å². The smallest absolute Gasteiger partial charge is 0.310 e. The summed E-state index contributed by atoms with van der Waals surface area (Å²) < 4.78 is 5.27. The molecule has 0 saturated heterocycles. The molecule has 4 nitrogen and oxygen atoms in total. The zero-order valence-electron chi connectivity index (χ0n) is 11.6. The van der Waals surface area contributed by atoms with E-state index in [2.05, 4.69) is 0 Å². The van der Waals surface area contributed by atoms with E-state index >= 15 is 0 Å². The fourth-order valence-electron chi connectivity index (χ4n) is 1.73. The van der Waals surface area contributed by atoms with Gasteiger partial charge in [0.25, 0.3) is 0 Å². The molecule has 0 bridgehead atoms. The van der Waals surface area contributed by atoms with Crippen LogP contribution in [-0.4, -0.2) is 22.6 Å². The van der Waals surface area contributed by atoms with Gasteiger partial charge in [0, 0.05) is 0 Å². The molecule has 0 aromatic heterocycles. The van der Waals surface area contributed by atoms with Crippen LogP contribution in [-0.2, 0) is 20.7 Å². The van der Waals surface area contributed by atoms with E-state index < -0.39 is 23.5 Å².